The van der Waals surface area contributed by atoms with E-state index in [1.807, 2.05) is 36.4 Å². The van der Waals surface area contributed by atoms with Crippen molar-refractivity contribution < 1.29 is 9.59 Å². The van der Waals surface area contributed by atoms with Crippen LogP contribution in [0.15, 0.2) is 42.6 Å². The van der Waals surface area contributed by atoms with Crippen molar-refractivity contribution in [3.05, 3.63) is 58.7 Å². The lowest BCUT2D eigenvalue weighted by Gasteiger charge is -2.40. The number of rotatable bonds is 6. The molecule has 1 aromatic heterocycles. The minimum atomic E-state index is -0.376. The van der Waals surface area contributed by atoms with Gasteiger partial charge in [0.2, 0.25) is 5.91 Å². The number of amides is 2. The number of piperidine rings is 1. The lowest BCUT2D eigenvalue weighted by molar-refractivity contribution is -0.124. The van der Waals surface area contributed by atoms with Crippen LogP contribution in [0.25, 0.3) is 0 Å². The van der Waals surface area contributed by atoms with Crippen molar-refractivity contribution in [2.45, 2.75) is 80.9 Å². The number of hydrogen-bond acceptors (Lipinski definition) is 4. The molecule has 0 radical (unpaired) electrons. The summed E-state index contributed by atoms with van der Waals surface area (Å²) in [6.07, 6.45) is 9.75. The summed E-state index contributed by atoms with van der Waals surface area (Å²) in [5.74, 6) is 1.07. The monoisotopic (exact) mass is 464 g/mol. The zero-order valence-corrected chi connectivity index (χ0v) is 19.4. The number of nitrogens with zero attached hydrogens (tertiary/aromatic N) is 2. The molecule has 6 rings (SSSR count). The van der Waals surface area contributed by atoms with E-state index in [1.165, 1.54) is 0 Å². The maximum absolute atomic E-state index is 13.2. The summed E-state index contributed by atoms with van der Waals surface area (Å²) in [4.78, 5) is 32.6. The van der Waals surface area contributed by atoms with E-state index in [0.29, 0.717) is 28.7 Å². The van der Waals surface area contributed by atoms with Gasteiger partial charge in [0.25, 0.3) is 5.91 Å². The van der Waals surface area contributed by atoms with Gasteiger partial charge in [0.05, 0.1) is 11.0 Å². The van der Waals surface area contributed by atoms with Crippen molar-refractivity contribution in [1.29, 1.82) is 0 Å². The van der Waals surface area contributed by atoms with Crippen LogP contribution in [-0.2, 0) is 10.2 Å². The van der Waals surface area contributed by atoms with E-state index in [9.17, 15) is 9.59 Å². The third kappa shape index (κ3) is 3.99. The highest BCUT2D eigenvalue weighted by Crippen LogP contribution is 2.49. The van der Waals surface area contributed by atoms with Crippen LogP contribution >= 0.6 is 11.6 Å². The number of nitrogens with one attached hydrogen (secondary N) is 2. The summed E-state index contributed by atoms with van der Waals surface area (Å²) >= 11 is 6.04. The predicted molar refractivity (Wildman–Crippen MR) is 128 cm³/mol. The average Bonchev–Trinajstić information content (AvgIpc) is 3.73. The molecular weight excluding hydrogens is 436 g/mol. The maximum Gasteiger partial charge on any atom is 0.253 e. The van der Waals surface area contributed by atoms with E-state index in [4.69, 9.17) is 11.6 Å². The molecular formula is C26H29ClN4O2. The standard InChI is InChI=1S/C26H29ClN4O2/c27-18-4-2-17(3-5-18)26(11-12-26)25(33)30-20-13-21-8-9-22(14-20)31(21)23-10-1-16(15-28-23)24(32)29-19-6-7-19/h1-5,10,15,19-22H,6-9,11-14H2,(H,29,32)(H,30,33). The van der Waals surface area contributed by atoms with Gasteiger partial charge in [0.1, 0.15) is 5.82 Å². The fourth-order valence-electron chi connectivity index (χ4n) is 5.70. The van der Waals surface area contributed by atoms with E-state index in [1.54, 1.807) is 6.20 Å². The summed E-state index contributed by atoms with van der Waals surface area (Å²) in [7, 11) is 0. The Balaban J connectivity index is 1.10. The maximum atomic E-state index is 13.2. The Kier molecular flexibility index (Phi) is 5.09. The Morgan fingerprint density at radius 1 is 0.909 bits per heavy atom. The van der Waals surface area contributed by atoms with Crippen molar-refractivity contribution in [2.75, 3.05) is 4.90 Å². The molecule has 172 valence electrons. The predicted octanol–water partition coefficient (Wildman–Crippen LogP) is 3.98. The van der Waals surface area contributed by atoms with Gasteiger partial charge in [-0.1, -0.05) is 23.7 Å². The van der Waals surface area contributed by atoms with Crippen LogP contribution in [0.2, 0.25) is 5.02 Å². The zero-order valence-electron chi connectivity index (χ0n) is 18.6. The van der Waals surface area contributed by atoms with Gasteiger partial charge in [0.15, 0.2) is 0 Å². The molecule has 2 amide bonds. The molecule has 2 saturated carbocycles. The van der Waals surface area contributed by atoms with Crippen molar-refractivity contribution in [3.63, 3.8) is 0 Å². The third-order valence-electron chi connectivity index (χ3n) is 7.84. The number of halogens is 1. The van der Waals surface area contributed by atoms with Crippen LogP contribution in [0.4, 0.5) is 5.82 Å². The highest BCUT2D eigenvalue weighted by molar-refractivity contribution is 6.30. The molecule has 4 fully saturated rings. The van der Waals surface area contributed by atoms with E-state index in [-0.39, 0.29) is 23.3 Å². The van der Waals surface area contributed by atoms with E-state index in [0.717, 1.165) is 62.7 Å². The summed E-state index contributed by atoms with van der Waals surface area (Å²) in [6.45, 7) is 0. The smallest absolute Gasteiger partial charge is 0.253 e. The van der Waals surface area contributed by atoms with Crippen LogP contribution in [-0.4, -0.2) is 41.0 Å². The Hall–Kier alpha value is -2.60. The van der Waals surface area contributed by atoms with Gasteiger partial charge in [-0.15, -0.1) is 0 Å². The highest BCUT2D eigenvalue weighted by atomic mass is 35.5. The molecule has 0 spiro atoms. The lowest BCUT2D eigenvalue weighted by Crippen LogP contribution is -2.52. The van der Waals surface area contributed by atoms with Gasteiger partial charge in [-0.2, -0.15) is 0 Å². The van der Waals surface area contributed by atoms with E-state index in [2.05, 4.69) is 20.5 Å². The SMILES string of the molecule is O=C(NC1CC1)c1ccc(N2C3CCC2CC(NC(=O)C2(c4ccc(Cl)cc4)CC2)C3)nc1. The van der Waals surface area contributed by atoms with Gasteiger partial charge in [-0.25, -0.2) is 4.98 Å². The molecule has 2 atom stereocenters. The molecule has 2 saturated heterocycles. The number of aromatic nitrogens is 1. The first-order valence-electron chi connectivity index (χ1n) is 12.1. The summed E-state index contributed by atoms with van der Waals surface area (Å²) in [5.41, 5.74) is 1.32. The summed E-state index contributed by atoms with van der Waals surface area (Å²) in [5, 5.41) is 7.10. The van der Waals surface area contributed by atoms with Crippen molar-refractivity contribution in [2.24, 2.45) is 0 Å². The molecule has 6 nitrogen and oxygen atoms in total. The molecule has 2 bridgehead atoms. The Morgan fingerprint density at radius 3 is 2.18 bits per heavy atom. The molecule has 2 unspecified atom stereocenters. The number of benzene rings is 1. The lowest BCUT2D eigenvalue weighted by atomic mass is 9.92. The fourth-order valence-corrected chi connectivity index (χ4v) is 5.83. The molecule has 2 aromatic rings. The third-order valence-corrected chi connectivity index (χ3v) is 8.09. The van der Waals surface area contributed by atoms with Crippen LogP contribution in [0.5, 0.6) is 0 Å². The highest BCUT2D eigenvalue weighted by Gasteiger charge is 2.52. The Labute approximate surface area is 199 Å². The molecule has 33 heavy (non-hydrogen) atoms. The number of carbonyl (C=O) groups excluding carboxylic acids is 2. The van der Waals surface area contributed by atoms with Crippen LogP contribution < -0.4 is 15.5 Å². The van der Waals surface area contributed by atoms with Crippen molar-refractivity contribution >= 4 is 29.2 Å². The van der Waals surface area contributed by atoms with Crippen molar-refractivity contribution in [1.82, 2.24) is 15.6 Å². The molecule has 7 heteroatoms. The first-order valence-corrected chi connectivity index (χ1v) is 12.5. The first-order chi connectivity index (χ1) is 16.0. The Bertz CT molecular complexity index is 1050. The normalized spacial score (nSPS) is 27.2. The topological polar surface area (TPSA) is 74.3 Å². The zero-order chi connectivity index (χ0) is 22.6. The number of carbonyl (C=O) groups is 2. The van der Waals surface area contributed by atoms with Gasteiger partial charge in [0, 0.05) is 35.4 Å². The van der Waals surface area contributed by atoms with Gasteiger partial charge in [-0.05, 0) is 81.2 Å². The van der Waals surface area contributed by atoms with Crippen molar-refractivity contribution in [3.8, 4) is 0 Å². The average molecular weight is 465 g/mol. The number of anilines is 1. The van der Waals surface area contributed by atoms with Crippen LogP contribution in [0, 0.1) is 0 Å². The first kappa shape index (κ1) is 21.0. The second-order valence-corrected chi connectivity index (χ2v) is 10.6. The quantitative estimate of drug-likeness (QED) is 0.678. The van der Waals surface area contributed by atoms with E-state index < -0.39 is 0 Å². The molecule has 3 heterocycles. The van der Waals surface area contributed by atoms with E-state index >= 15 is 0 Å². The minimum absolute atomic E-state index is 0.0318. The summed E-state index contributed by atoms with van der Waals surface area (Å²) < 4.78 is 0. The van der Waals surface area contributed by atoms with Crippen LogP contribution in [0.3, 0.4) is 0 Å². The second kappa shape index (κ2) is 8.01. The number of pyridine rings is 1. The number of hydrogen-bond donors (Lipinski definition) is 2. The second-order valence-electron chi connectivity index (χ2n) is 10.2. The molecule has 2 aliphatic carbocycles. The van der Waals surface area contributed by atoms with Gasteiger partial charge in [-0.3, -0.25) is 9.59 Å². The Morgan fingerprint density at radius 2 is 1.61 bits per heavy atom. The van der Waals surface area contributed by atoms with Gasteiger partial charge < -0.3 is 15.5 Å². The fraction of sp³-hybridized carbons (Fsp3) is 0.500. The number of fused-ring (bicyclic) bond motifs is 2. The molecule has 2 N–H and O–H groups in total. The molecule has 1 aromatic carbocycles. The summed E-state index contributed by atoms with van der Waals surface area (Å²) in [6, 6.07) is 12.9. The van der Waals surface area contributed by atoms with Gasteiger partial charge >= 0.3 is 0 Å². The molecule has 2 aliphatic heterocycles. The minimum Gasteiger partial charge on any atom is -0.352 e. The van der Waals surface area contributed by atoms with Crippen LogP contribution in [0.1, 0.15) is 67.3 Å². The largest absolute Gasteiger partial charge is 0.352 e. The molecule has 4 aliphatic rings.